The van der Waals surface area contributed by atoms with Gasteiger partial charge in [-0.05, 0) is 29.7 Å². The molecule has 0 atom stereocenters. The molecule has 0 aliphatic carbocycles. The first-order valence-electron chi connectivity index (χ1n) is 7.74. The van der Waals surface area contributed by atoms with Crippen molar-refractivity contribution in [3.8, 4) is 16.9 Å². The third kappa shape index (κ3) is 3.32. The van der Waals surface area contributed by atoms with E-state index in [2.05, 4.69) is 0 Å². The average Bonchev–Trinajstić information content (AvgIpc) is 2.63. The van der Waals surface area contributed by atoms with Gasteiger partial charge in [0.2, 0.25) is 0 Å². The maximum atomic E-state index is 12.6. The lowest BCUT2D eigenvalue weighted by molar-refractivity contribution is 0.0734. The monoisotopic (exact) mass is 302 g/mol. The van der Waals surface area contributed by atoms with Crippen LogP contribution in [-0.2, 0) is 6.42 Å². The Balaban J connectivity index is 1.93. The number of rotatable bonds is 4. The third-order valence-electron chi connectivity index (χ3n) is 3.79. The van der Waals surface area contributed by atoms with Gasteiger partial charge in [-0.2, -0.15) is 0 Å². The molecular formula is C21H18O2. The van der Waals surface area contributed by atoms with E-state index in [4.69, 9.17) is 4.74 Å². The summed E-state index contributed by atoms with van der Waals surface area (Å²) in [6.07, 6.45) is 0.797. The van der Waals surface area contributed by atoms with E-state index in [0.29, 0.717) is 11.3 Å². The number of esters is 1. The van der Waals surface area contributed by atoms with E-state index in [9.17, 15) is 4.79 Å². The minimum absolute atomic E-state index is 0.314. The fourth-order valence-corrected chi connectivity index (χ4v) is 2.59. The Hall–Kier alpha value is -2.87. The Morgan fingerprint density at radius 1 is 0.826 bits per heavy atom. The van der Waals surface area contributed by atoms with Crippen LogP contribution in [0.25, 0.3) is 11.1 Å². The summed E-state index contributed by atoms with van der Waals surface area (Å²) in [5.41, 5.74) is 3.56. The molecule has 2 nitrogen and oxygen atoms in total. The topological polar surface area (TPSA) is 26.3 Å². The van der Waals surface area contributed by atoms with Crippen molar-refractivity contribution < 1.29 is 9.53 Å². The van der Waals surface area contributed by atoms with Crippen LogP contribution in [0.15, 0.2) is 78.9 Å². The van der Waals surface area contributed by atoms with Gasteiger partial charge in [-0.3, -0.25) is 0 Å². The molecule has 0 saturated carbocycles. The van der Waals surface area contributed by atoms with E-state index in [1.807, 2.05) is 85.8 Å². The van der Waals surface area contributed by atoms with E-state index in [1.54, 1.807) is 0 Å². The number of para-hydroxylation sites is 1. The molecule has 0 radical (unpaired) electrons. The Bertz CT molecular complexity index is 807. The van der Waals surface area contributed by atoms with Crippen molar-refractivity contribution in [1.29, 1.82) is 0 Å². The first kappa shape index (κ1) is 15.0. The van der Waals surface area contributed by atoms with Crippen molar-refractivity contribution in [1.82, 2.24) is 0 Å². The van der Waals surface area contributed by atoms with Gasteiger partial charge in [-0.1, -0.05) is 73.7 Å². The third-order valence-corrected chi connectivity index (χ3v) is 3.79. The van der Waals surface area contributed by atoms with Crippen LogP contribution in [0.3, 0.4) is 0 Å². The molecule has 0 amide bonds. The van der Waals surface area contributed by atoms with Crippen LogP contribution in [0.2, 0.25) is 0 Å². The molecule has 0 N–H and O–H groups in total. The molecule has 0 aromatic heterocycles. The summed E-state index contributed by atoms with van der Waals surface area (Å²) in [5.74, 6) is 0.264. The second-order valence-electron chi connectivity index (χ2n) is 5.26. The van der Waals surface area contributed by atoms with Gasteiger partial charge < -0.3 is 4.74 Å². The second-order valence-corrected chi connectivity index (χ2v) is 5.26. The lowest BCUT2D eigenvalue weighted by Gasteiger charge is -2.12. The summed E-state index contributed by atoms with van der Waals surface area (Å²) in [5, 5.41) is 0. The van der Waals surface area contributed by atoms with Gasteiger partial charge in [0.05, 0.1) is 5.56 Å². The molecule has 3 aromatic rings. The molecule has 23 heavy (non-hydrogen) atoms. The predicted molar refractivity (Wildman–Crippen MR) is 92.7 cm³/mol. The minimum atomic E-state index is -0.314. The van der Waals surface area contributed by atoms with Crippen molar-refractivity contribution in [2.24, 2.45) is 0 Å². The van der Waals surface area contributed by atoms with Crippen molar-refractivity contribution in [2.75, 3.05) is 0 Å². The summed E-state index contributed by atoms with van der Waals surface area (Å²) in [6.45, 7) is 2.03. The van der Waals surface area contributed by atoms with Crippen molar-refractivity contribution in [3.63, 3.8) is 0 Å². The van der Waals surface area contributed by atoms with Gasteiger partial charge in [0.15, 0.2) is 0 Å². The smallest absolute Gasteiger partial charge is 0.343 e. The van der Waals surface area contributed by atoms with Gasteiger partial charge in [0.1, 0.15) is 5.75 Å². The van der Waals surface area contributed by atoms with Gasteiger partial charge in [-0.25, -0.2) is 4.79 Å². The normalized spacial score (nSPS) is 10.3. The fraction of sp³-hybridized carbons (Fsp3) is 0.0952. The molecule has 0 aliphatic rings. The molecule has 0 spiro atoms. The second kappa shape index (κ2) is 6.93. The highest BCUT2D eigenvalue weighted by Gasteiger charge is 2.14. The Kier molecular flexibility index (Phi) is 4.53. The minimum Gasteiger partial charge on any atom is -0.422 e. The van der Waals surface area contributed by atoms with E-state index in [-0.39, 0.29) is 5.97 Å². The van der Waals surface area contributed by atoms with Crippen LogP contribution in [0.5, 0.6) is 5.75 Å². The molecule has 0 bridgehead atoms. The van der Waals surface area contributed by atoms with E-state index in [1.165, 1.54) is 0 Å². The molecule has 0 aliphatic heterocycles. The van der Waals surface area contributed by atoms with Crippen LogP contribution in [0, 0.1) is 0 Å². The largest absolute Gasteiger partial charge is 0.422 e. The first-order chi connectivity index (χ1) is 11.3. The van der Waals surface area contributed by atoms with Crippen LogP contribution >= 0.6 is 0 Å². The number of carbonyl (C=O) groups excluding carboxylic acids is 1. The standard InChI is InChI=1S/C21H18O2/c1-2-16-10-6-7-14-19(16)21(22)23-20-15-9-8-13-18(20)17-11-4-3-5-12-17/h3-15H,2H2,1H3. The molecule has 0 heterocycles. The first-order valence-corrected chi connectivity index (χ1v) is 7.74. The van der Waals surface area contributed by atoms with Crippen molar-refractivity contribution >= 4 is 5.97 Å². The molecule has 114 valence electrons. The highest BCUT2D eigenvalue weighted by molar-refractivity contribution is 5.93. The molecule has 0 saturated heterocycles. The summed E-state index contributed by atoms with van der Waals surface area (Å²) in [4.78, 5) is 12.6. The van der Waals surface area contributed by atoms with Gasteiger partial charge >= 0.3 is 5.97 Å². The van der Waals surface area contributed by atoms with Gasteiger partial charge in [0.25, 0.3) is 0 Å². The summed E-state index contributed by atoms with van der Waals surface area (Å²) in [7, 11) is 0. The van der Waals surface area contributed by atoms with Gasteiger partial charge in [0, 0.05) is 5.56 Å². The van der Waals surface area contributed by atoms with Crippen LogP contribution in [0.4, 0.5) is 0 Å². The predicted octanol–water partition coefficient (Wildman–Crippen LogP) is 5.14. The summed E-state index contributed by atoms with van der Waals surface area (Å²) >= 11 is 0. The molecule has 2 heteroatoms. The molecular weight excluding hydrogens is 284 g/mol. The number of aryl methyl sites for hydroxylation is 1. The number of benzene rings is 3. The quantitative estimate of drug-likeness (QED) is 0.493. The molecule has 3 aromatic carbocycles. The zero-order valence-electron chi connectivity index (χ0n) is 13.0. The lowest BCUT2D eigenvalue weighted by atomic mass is 10.0. The summed E-state index contributed by atoms with van der Waals surface area (Å²) < 4.78 is 5.69. The number of hydrogen-bond donors (Lipinski definition) is 0. The number of hydrogen-bond acceptors (Lipinski definition) is 2. The zero-order valence-corrected chi connectivity index (χ0v) is 13.0. The van der Waals surface area contributed by atoms with E-state index < -0.39 is 0 Å². The number of ether oxygens (including phenoxy) is 1. The van der Waals surface area contributed by atoms with Crippen molar-refractivity contribution in [3.05, 3.63) is 90.0 Å². The average molecular weight is 302 g/mol. The molecule has 0 fully saturated rings. The SMILES string of the molecule is CCc1ccccc1C(=O)Oc1ccccc1-c1ccccc1. The Labute approximate surface area is 136 Å². The Morgan fingerprint density at radius 2 is 1.48 bits per heavy atom. The fourth-order valence-electron chi connectivity index (χ4n) is 2.59. The zero-order chi connectivity index (χ0) is 16.1. The summed E-state index contributed by atoms with van der Waals surface area (Å²) in [6, 6.07) is 25.1. The maximum absolute atomic E-state index is 12.6. The van der Waals surface area contributed by atoms with Gasteiger partial charge in [-0.15, -0.1) is 0 Å². The van der Waals surface area contributed by atoms with Crippen LogP contribution in [0.1, 0.15) is 22.8 Å². The van der Waals surface area contributed by atoms with E-state index >= 15 is 0 Å². The van der Waals surface area contributed by atoms with Crippen molar-refractivity contribution in [2.45, 2.75) is 13.3 Å². The molecule has 0 unspecified atom stereocenters. The van der Waals surface area contributed by atoms with E-state index in [0.717, 1.165) is 23.1 Å². The highest BCUT2D eigenvalue weighted by Crippen LogP contribution is 2.30. The van der Waals surface area contributed by atoms with Crippen LogP contribution < -0.4 is 4.74 Å². The highest BCUT2D eigenvalue weighted by atomic mass is 16.5. The lowest BCUT2D eigenvalue weighted by Crippen LogP contribution is -2.11. The Morgan fingerprint density at radius 3 is 2.26 bits per heavy atom. The molecule has 3 rings (SSSR count). The maximum Gasteiger partial charge on any atom is 0.343 e. The van der Waals surface area contributed by atoms with Crippen LogP contribution in [-0.4, -0.2) is 5.97 Å². The number of carbonyl (C=O) groups is 1.